The number of nitrogens with zero attached hydrogens (tertiary/aromatic N) is 2. The monoisotopic (exact) mass is 365 g/mol. The van der Waals surface area contributed by atoms with E-state index >= 15 is 0 Å². The highest BCUT2D eigenvalue weighted by atomic mass is 32.2. The van der Waals surface area contributed by atoms with Crippen molar-refractivity contribution in [2.75, 3.05) is 4.72 Å². The molecule has 0 amide bonds. The van der Waals surface area contributed by atoms with E-state index in [4.69, 9.17) is 0 Å². The lowest BCUT2D eigenvalue weighted by Crippen LogP contribution is -2.08. The molecule has 0 bridgehead atoms. The summed E-state index contributed by atoms with van der Waals surface area (Å²) in [5.74, 6) is -0.524. The number of thiol groups is 1. The number of hydrogen-bond acceptors (Lipinski definition) is 5. The Kier molecular flexibility index (Phi) is 7.38. The minimum Gasteiger partial charge on any atom is -0.299 e. The first-order valence-electron chi connectivity index (χ1n) is 7.13. The van der Waals surface area contributed by atoms with Gasteiger partial charge in [-0.05, 0) is 42.3 Å². The van der Waals surface area contributed by atoms with Crippen LogP contribution in [0.25, 0.3) is 17.3 Å². The molecule has 0 atom stereocenters. The molecule has 0 saturated carbocycles. The highest BCUT2D eigenvalue weighted by Gasteiger charge is 2.17. The number of anilines is 1. The molecule has 1 aromatic carbocycles. The fourth-order valence-corrected chi connectivity index (χ4v) is 2.45. The van der Waals surface area contributed by atoms with E-state index < -0.39 is 16.7 Å². The maximum Gasteiger partial charge on any atom is 0.237 e. The predicted molar refractivity (Wildman–Crippen MR) is 97.3 cm³/mol. The Bertz CT molecular complexity index is 839. The van der Waals surface area contributed by atoms with Gasteiger partial charge in [0.05, 0.1) is 11.4 Å². The van der Waals surface area contributed by atoms with Crippen molar-refractivity contribution in [3.05, 3.63) is 47.4 Å². The summed E-state index contributed by atoms with van der Waals surface area (Å²) in [6.07, 6.45) is 3.49. The van der Waals surface area contributed by atoms with Gasteiger partial charge < -0.3 is 0 Å². The van der Waals surface area contributed by atoms with E-state index in [1.165, 1.54) is 30.3 Å². The summed E-state index contributed by atoms with van der Waals surface area (Å²) < 4.78 is 37.2. The van der Waals surface area contributed by atoms with Gasteiger partial charge in [-0.2, -0.15) is 0 Å². The smallest absolute Gasteiger partial charge is 0.237 e. The van der Waals surface area contributed by atoms with Gasteiger partial charge in [-0.25, -0.2) is 22.8 Å². The van der Waals surface area contributed by atoms with Crippen molar-refractivity contribution in [1.82, 2.24) is 9.97 Å². The quantitative estimate of drug-likeness (QED) is 0.466. The number of aldehydes is 1. The van der Waals surface area contributed by atoms with Crippen molar-refractivity contribution in [2.24, 2.45) is 0 Å². The number of nitrogens with one attached hydrogen (secondary N) is 1. The van der Waals surface area contributed by atoms with Crippen molar-refractivity contribution >= 4 is 29.2 Å². The van der Waals surface area contributed by atoms with E-state index in [0.29, 0.717) is 28.8 Å². The van der Waals surface area contributed by atoms with Crippen molar-refractivity contribution in [1.29, 1.82) is 0 Å². The molecule has 2 rings (SSSR count). The van der Waals surface area contributed by atoms with Crippen LogP contribution in [0.3, 0.4) is 0 Å². The van der Waals surface area contributed by atoms with Crippen LogP contribution < -0.4 is 4.72 Å². The zero-order valence-electron chi connectivity index (χ0n) is 13.1. The molecule has 0 spiro atoms. The van der Waals surface area contributed by atoms with E-state index in [0.717, 1.165) is 0 Å². The molecule has 0 radical (unpaired) electrons. The van der Waals surface area contributed by atoms with Crippen molar-refractivity contribution in [2.45, 2.75) is 27.2 Å². The van der Waals surface area contributed by atoms with Gasteiger partial charge in [0, 0.05) is 11.1 Å². The minimum absolute atomic E-state index is 0. The van der Waals surface area contributed by atoms with E-state index in [1.54, 1.807) is 6.08 Å². The number of carbonyl (C=O) groups excluding carboxylic acids is 1. The third-order valence-electron chi connectivity index (χ3n) is 3.17. The average molecular weight is 365 g/mol. The summed E-state index contributed by atoms with van der Waals surface area (Å²) in [5.41, 5.74) is 2.14. The predicted octanol–water partition coefficient (Wildman–Crippen LogP) is 3.19. The van der Waals surface area contributed by atoms with E-state index in [1.807, 2.05) is 13.8 Å². The standard InChI is InChI=1S/C16H16FN3O3S.CH4/c1-10(2)14-13(4-3-9-21)15(11-5-7-12(17)8-6-11)19-16(18-14)20-24(22)23;/h3-10,24H,1-2H3,(H,18,19,20,22,23);1H4. The Morgan fingerprint density at radius 3 is 2.32 bits per heavy atom. The zero-order valence-corrected chi connectivity index (χ0v) is 14.0. The van der Waals surface area contributed by atoms with E-state index in [9.17, 15) is 17.6 Å². The Morgan fingerprint density at radius 1 is 1.16 bits per heavy atom. The maximum absolute atomic E-state index is 13.2. The second-order valence-corrected chi connectivity index (χ2v) is 5.96. The number of carbonyl (C=O) groups is 1. The Labute approximate surface area is 147 Å². The third kappa shape index (κ3) is 5.18. The molecule has 0 aliphatic carbocycles. The molecule has 0 saturated heterocycles. The van der Waals surface area contributed by atoms with Crippen LogP contribution in [0, 0.1) is 5.82 Å². The largest absolute Gasteiger partial charge is 0.299 e. The van der Waals surface area contributed by atoms with Crippen molar-refractivity contribution < 1.29 is 17.6 Å². The number of benzene rings is 1. The molecule has 1 heterocycles. The number of aromatic nitrogens is 2. The highest BCUT2D eigenvalue weighted by Crippen LogP contribution is 2.30. The van der Waals surface area contributed by atoms with E-state index in [-0.39, 0.29) is 19.3 Å². The van der Waals surface area contributed by atoms with Crippen molar-refractivity contribution in [3.63, 3.8) is 0 Å². The van der Waals surface area contributed by atoms with Crippen LogP contribution in [0.5, 0.6) is 0 Å². The number of halogens is 1. The summed E-state index contributed by atoms with van der Waals surface area (Å²) >= 11 is 0. The highest BCUT2D eigenvalue weighted by molar-refractivity contribution is 7.73. The van der Waals surface area contributed by atoms with Gasteiger partial charge in [0.1, 0.15) is 12.1 Å². The van der Waals surface area contributed by atoms with Crippen LogP contribution in [-0.4, -0.2) is 24.7 Å². The second-order valence-electron chi connectivity index (χ2n) is 5.22. The lowest BCUT2D eigenvalue weighted by atomic mass is 9.98. The van der Waals surface area contributed by atoms with Gasteiger partial charge in [-0.3, -0.25) is 9.52 Å². The minimum atomic E-state index is -2.92. The van der Waals surface area contributed by atoms with Crippen LogP contribution in [0.4, 0.5) is 10.3 Å². The Hall–Kier alpha value is -2.61. The molecule has 8 heteroatoms. The van der Waals surface area contributed by atoms with Crippen LogP contribution in [0.2, 0.25) is 0 Å². The molecule has 134 valence electrons. The molecule has 1 N–H and O–H groups in total. The normalized spacial score (nSPS) is 10.9. The van der Waals surface area contributed by atoms with Crippen LogP contribution in [-0.2, 0) is 15.7 Å². The van der Waals surface area contributed by atoms with Gasteiger partial charge in [-0.1, -0.05) is 21.3 Å². The SMILES string of the molecule is C.CC(C)c1nc(N[SH](=O)=O)nc(-c2ccc(F)cc2)c1C=CC=O. The number of allylic oxidation sites excluding steroid dienone is 1. The summed E-state index contributed by atoms with van der Waals surface area (Å²) in [6.45, 7) is 3.77. The van der Waals surface area contributed by atoms with Crippen LogP contribution in [0.1, 0.15) is 38.4 Å². The number of rotatable bonds is 6. The molecule has 0 aliphatic rings. The maximum atomic E-state index is 13.2. The summed E-state index contributed by atoms with van der Waals surface area (Å²) in [7, 11) is -2.92. The lowest BCUT2D eigenvalue weighted by Gasteiger charge is -2.15. The van der Waals surface area contributed by atoms with Gasteiger partial charge in [-0.15, -0.1) is 0 Å². The molecular weight excluding hydrogens is 345 g/mol. The third-order valence-corrected chi connectivity index (χ3v) is 3.55. The van der Waals surface area contributed by atoms with Crippen molar-refractivity contribution in [3.8, 4) is 11.3 Å². The van der Waals surface area contributed by atoms with Crippen LogP contribution >= 0.6 is 0 Å². The van der Waals surface area contributed by atoms with Gasteiger partial charge in [0.15, 0.2) is 0 Å². The average Bonchev–Trinajstić information content (AvgIpc) is 2.53. The Morgan fingerprint density at radius 2 is 1.80 bits per heavy atom. The molecule has 0 fully saturated rings. The molecule has 2 aromatic rings. The molecule has 0 unspecified atom stereocenters. The lowest BCUT2D eigenvalue weighted by molar-refractivity contribution is -0.104. The molecule has 25 heavy (non-hydrogen) atoms. The summed E-state index contributed by atoms with van der Waals surface area (Å²) in [6, 6.07) is 5.61. The topological polar surface area (TPSA) is 89.0 Å². The molecule has 6 nitrogen and oxygen atoms in total. The van der Waals surface area contributed by atoms with E-state index in [2.05, 4.69) is 14.7 Å². The fourth-order valence-electron chi connectivity index (χ4n) is 2.19. The number of hydrogen-bond donors (Lipinski definition) is 2. The molecular formula is C17H20FN3O3S. The second kappa shape index (κ2) is 9.03. The first-order chi connectivity index (χ1) is 11.4. The first-order valence-corrected chi connectivity index (χ1v) is 8.31. The summed E-state index contributed by atoms with van der Waals surface area (Å²) in [4.78, 5) is 19.1. The fraction of sp³-hybridized carbons (Fsp3) is 0.235. The van der Waals surface area contributed by atoms with Gasteiger partial charge in [0.2, 0.25) is 16.8 Å². The summed E-state index contributed by atoms with van der Waals surface area (Å²) in [5, 5.41) is 0. The van der Waals surface area contributed by atoms with Gasteiger partial charge >= 0.3 is 0 Å². The molecule has 0 aliphatic heterocycles. The first kappa shape index (κ1) is 20.4. The molecule has 1 aromatic heterocycles. The Balaban J connectivity index is 0.00000312. The zero-order chi connectivity index (χ0) is 17.7. The van der Waals surface area contributed by atoms with Crippen LogP contribution in [0.15, 0.2) is 30.3 Å². The van der Waals surface area contributed by atoms with Gasteiger partial charge in [0.25, 0.3) is 0 Å².